The van der Waals surface area contributed by atoms with E-state index in [0.29, 0.717) is 25.9 Å². The van der Waals surface area contributed by atoms with Gasteiger partial charge in [0.15, 0.2) is 0 Å². The van der Waals surface area contributed by atoms with E-state index >= 15 is 0 Å². The highest BCUT2D eigenvalue weighted by Crippen LogP contribution is 2.19. The van der Waals surface area contributed by atoms with Gasteiger partial charge in [-0.2, -0.15) is 0 Å². The van der Waals surface area contributed by atoms with Crippen LogP contribution in [0.3, 0.4) is 0 Å². The van der Waals surface area contributed by atoms with E-state index < -0.39 is 0 Å². The van der Waals surface area contributed by atoms with Gasteiger partial charge in [0.25, 0.3) is 0 Å². The molecule has 4 nitrogen and oxygen atoms in total. The van der Waals surface area contributed by atoms with E-state index in [-0.39, 0.29) is 11.8 Å². The molecule has 0 unspecified atom stereocenters. The lowest BCUT2D eigenvalue weighted by molar-refractivity contribution is -0.121. The smallest absolute Gasteiger partial charge is 0.220 e. The second-order valence-electron chi connectivity index (χ2n) is 11.9. The molecule has 0 fully saturated rings. The average Bonchev–Trinajstić information content (AvgIpc) is 3.14. The summed E-state index contributed by atoms with van der Waals surface area (Å²) in [5.74, 6) is 1.94. The summed E-state index contributed by atoms with van der Waals surface area (Å²) < 4.78 is 0. The molecule has 0 spiro atoms. The molecule has 288 valence electrons. The van der Waals surface area contributed by atoms with Gasteiger partial charge < -0.3 is 10.6 Å². The number of hydrogen-bond donors (Lipinski definition) is 2. The topological polar surface area (TPSA) is 58.2 Å². The van der Waals surface area contributed by atoms with Crippen LogP contribution >= 0.6 is 21.6 Å². The predicted molar refractivity (Wildman–Crippen MR) is 237 cm³/mol. The minimum Gasteiger partial charge on any atom is -0.355 e. The molecule has 0 bridgehead atoms. The Balaban J connectivity index is 3.55. The SMILES string of the molecule is CC/C=C\C/C=C\C/C=C\C/C=C\C/C=C\C/C=C\CCC(=O)NCCSSCCNC(=O)CCC/C=C\C/C=C\C/C=C\C/C=C\C/C=C\CC. The largest absolute Gasteiger partial charge is 0.355 e. The Labute approximate surface area is 327 Å². The summed E-state index contributed by atoms with van der Waals surface area (Å²) in [4.78, 5) is 24.1. The standard InChI is InChI=1S/C46H70N2O2S2/c1-3-5-7-9-11-13-15-17-19-21-22-24-26-28-30-32-34-36-38-40-46(50)48-42-44-52-51-43-41-47-45(49)39-37-35-33-31-29-27-25-23-20-18-16-14-12-10-8-6-4-2/h5-8,11-14,17-20,22,24-25,27-28,30-31,33-34,36H,3-4,9-10,15-16,21,23,26,29,32,35,37-44H2,1-2H3,(H,47,49)(H,48,50)/b7-5-,8-6-,13-11-,14-12-,19-17-,20-18-,24-22-,27-25-,30-28-,33-31-,36-34-. The molecule has 0 heterocycles. The number of unbranched alkanes of at least 4 members (excludes halogenated alkanes) is 1. The molecule has 0 saturated carbocycles. The first-order valence-corrected chi connectivity index (χ1v) is 22.1. The number of allylic oxidation sites excluding steroid dienone is 22. The molecule has 0 atom stereocenters. The molecular weight excluding hydrogens is 677 g/mol. The minimum absolute atomic E-state index is 0.0991. The Bertz CT molecular complexity index is 1170. The summed E-state index contributed by atoms with van der Waals surface area (Å²) in [6, 6.07) is 0. The summed E-state index contributed by atoms with van der Waals surface area (Å²) in [6.45, 7) is 5.65. The number of carbonyl (C=O) groups is 2. The van der Waals surface area contributed by atoms with E-state index in [2.05, 4.69) is 158 Å². The summed E-state index contributed by atoms with van der Waals surface area (Å²) in [5.41, 5.74) is 0. The lowest BCUT2D eigenvalue weighted by Gasteiger charge is -2.05. The molecule has 0 aliphatic carbocycles. The first kappa shape index (κ1) is 48.8. The quantitative estimate of drug-likeness (QED) is 0.0391. The zero-order chi connectivity index (χ0) is 37.7. The Kier molecular flexibility index (Phi) is 41.2. The molecule has 0 aromatic rings. The normalized spacial score (nSPS) is 13.0. The van der Waals surface area contributed by atoms with E-state index in [4.69, 9.17) is 0 Å². The summed E-state index contributed by atoms with van der Waals surface area (Å²) in [6.07, 6.45) is 62.8. The third-order valence-electron chi connectivity index (χ3n) is 7.17. The van der Waals surface area contributed by atoms with Crippen LogP contribution in [-0.4, -0.2) is 36.4 Å². The minimum atomic E-state index is 0.0991. The average molecular weight is 747 g/mol. The van der Waals surface area contributed by atoms with Gasteiger partial charge in [-0.3, -0.25) is 9.59 Å². The molecule has 0 rings (SSSR count). The van der Waals surface area contributed by atoms with Crippen molar-refractivity contribution in [2.45, 2.75) is 117 Å². The number of amides is 2. The highest BCUT2D eigenvalue weighted by Gasteiger charge is 2.01. The van der Waals surface area contributed by atoms with Gasteiger partial charge in [-0.05, 0) is 89.9 Å². The van der Waals surface area contributed by atoms with Crippen molar-refractivity contribution in [3.05, 3.63) is 134 Å². The van der Waals surface area contributed by atoms with E-state index in [1.54, 1.807) is 21.6 Å². The Morgan fingerprint density at radius 3 is 1.02 bits per heavy atom. The fraction of sp³-hybridized carbons (Fsp3) is 0.478. The third kappa shape index (κ3) is 42.9. The van der Waals surface area contributed by atoms with Gasteiger partial charge in [0.05, 0.1) is 0 Å². The monoisotopic (exact) mass is 746 g/mol. The van der Waals surface area contributed by atoms with Crippen LogP contribution in [0.4, 0.5) is 0 Å². The van der Waals surface area contributed by atoms with Crippen molar-refractivity contribution in [3.63, 3.8) is 0 Å². The highest BCUT2D eigenvalue weighted by atomic mass is 33.1. The van der Waals surface area contributed by atoms with Gasteiger partial charge in [0.2, 0.25) is 11.8 Å². The van der Waals surface area contributed by atoms with Crippen LogP contribution in [0.5, 0.6) is 0 Å². The van der Waals surface area contributed by atoms with Crippen molar-refractivity contribution in [1.29, 1.82) is 0 Å². The molecule has 2 N–H and O–H groups in total. The predicted octanol–water partition coefficient (Wildman–Crippen LogP) is 13.0. The van der Waals surface area contributed by atoms with Gasteiger partial charge >= 0.3 is 0 Å². The maximum absolute atomic E-state index is 12.0. The van der Waals surface area contributed by atoms with Crippen LogP contribution in [0.25, 0.3) is 0 Å². The fourth-order valence-electron chi connectivity index (χ4n) is 4.36. The number of carbonyl (C=O) groups excluding carboxylic acids is 2. The first-order valence-electron chi connectivity index (χ1n) is 19.6. The zero-order valence-electron chi connectivity index (χ0n) is 32.5. The van der Waals surface area contributed by atoms with Crippen molar-refractivity contribution in [3.8, 4) is 0 Å². The van der Waals surface area contributed by atoms with Crippen LogP contribution in [0.1, 0.15) is 117 Å². The van der Waals surface area contributed by atoms with Gasteiger partial charge in [0, 0.05) is 37.4 Å². The number of nitrogens with one attached hydrogen (secondary N) is 2. The molecule has 0 aliphatic heterocycles. The van der Waals surface area contributed by atoms with Gasteiger partial charge in [-0.15, -0.1) is 0 Å². The fourth-order valence-corrected chi connectivity index (χ4v) is 6.18. The van der Waals surface area contributed by atoms with Crippen LogP contribution in [0.15, 0.2) is 134 Å². The molecule has 0 aliphatic rings. The third-order valence-corrected chi connectivity index (χ3v) is 9.57. The van der Waals surface area contributed by atoms with Crippen molar-refractivity contribution in [2.24, 2.45) is 0 Å². The first-order chi connectivity index (χ1) is 25.7. The van der Waals surface area contributed by atoms with E-state index in [9.17, 15) is 9.59 Å². The van der Waals surface area contributed by atoms with Crippen molar-refractivity contribution in [2.75, 3.05) is 24.6 Å². The Morgan fingerprint density at radius 2 is 0.673 bits per heavy atom. The van der Waals surface area contributed by atoms with Crippen molar-refractivity contribution < 1.29 is 9.59 Å². The summed E-state index contributed by atoms with van der Waals surface area (Å²) in [7, 11) is 3.47. The van der Waals surface area contributed by atoms with E-state index in [1.807, 2.05) is 0 Å². The second kappa shape index (κ2) is 43.9. The van der Waals surface area contributed by atoms with Crippen LogP contribution in [0.2, 0.25) is 0 Å². The van der Waals surface area contributed by atoms with Crippen LogP contribution in [0, 0.1) is 0 Å². The molecule has 0 radical (unpaired) electrons. The second-order valence-corrected chi connectivity index (χ2v) is 14.6. The molecule has 6 heteroatoms. The van der Waals surface area contributed by atoms with Crippen LogP contribution < -0.4 is 10.6 Å². The molecule has 0 saturated heterocycles. The van der Waals surface area contributed by atoms with Crippen molar-refractivity contribution >= 4 is 33.4 Å². The lowest BCUT2D eigenvalue weighted by Crippen LogP contribution is -2.25. The van der Waals surface area contributed by atoms with Gasteiger partial charge in [-0.25, -0.2) is 0 Å². The maximum Gasteiger partial charge on any atom is 0.220 e. The highest BCUT2D eigenvalue weighted by molar-refractivity contribution is 8.76. The molecule has 0 aromatic heterocycles. The zero-order valence-corrected chi connectivity index (χ0v) is 34.1. The Hall–Kier alpha value is -3.22. The maximum atomic E-state index is 12.0. The molecular formula is C46H70N2O2S2. The Morgan fingerprint density at radius 1 is 0.385 bits per heavy atom. The summed E-state index contributed by atoms with van der Waals surface area (Å²) >= 11 is 0. The van der Waals surface area contributed by atoms with Crippen LogP contribution in [-0.2, 0) is 9.59 Å². The lowest BCUT2D eigenvalue weighted by atomic mass is 10.2. The van der Waals surface area contributed by atoms with Gasteiger partial charge in [-0.1, -0.05) is 169 Å². The number of rotatable bonds is 34. The molecule has 2 amide bonds. The molecule has 52 heavy (non-hydrogen) atoms. The molecule has 0 aromatic carbocycles. The van der Waals surface area contributed by atoms with E-state index in [1.165, 1.54) is 0 Å². The van der Waals surface area contributed by atoms with E-state index in [0.717, 1.165) is 101 Å². The summed E-state index contributed by atoms with van der Waals surface area (Å²) in [5, 5.41) is 5.99. The van der Waals surface area contributed by atoms with Gasteiger partial charge in [0.1, 0.15) is 0 Å². The number of hydrogen-bond acceptors (Lipinski definition) is 4. The van der Waals surface area contributed by atoms with Crippen molar-refractivity contribution in [1.82, 2.24) is 10.6 Å².